The van der Waals surface area contributed by atoms with E-state index in [9.17, 15) is 10.2 Å². The smallest absolute Gasteiger partial charge is 0.142 e. The Morgan fingerprint density at radius 1 is 0.917 bits per heavy atom. The van der Waals surface area contributed by atoms with Gasteiger partial charge in [0.25, 0.3) is 0 Å². The van der Waals surface area contributed by atoms with E-state index in [2.05, 4.69) is 19.6 Å². The molecule has 0 amide bonds. The summed E-state index contributed by atoms with van der Waals surface area (Å²) in [7, 11) is -3.22. The van der Waals surface area contributed by atoms with Crippen LogP contribution in [0, 0.1) is 0 Å². The molecular formula is C8H22O2Si2. The molecule has 2 N–H and O–H groups in total. The Hall–Kier alpha value is 0.354. The number of hydrogen-bond acceptors (Lipinski definition) is 2. The highest BCUT2D eigenvalue weighted by Gasteiger charge is 2.42. The van der Waals surface area contributed by atoms with E-state index < -0.39 is 21.6 Å². The second kappa shape index (κ2) is 3.25. The summed E-state index contributed by atoms with van der Waals surface area (Å²) in [4.78, 5) is 0. The highest BCUT2D eigenvalue weighted by molar-refractivity contribution is 6.83. The van der Waals surface area contributed by atoms with Crippen molar-refractivity contribution < 1.29 is 10.2 Å². The van der Waals surface area contributed by atoms with E-state index in [1.54, 1.807) is 0 Å². The van der Waals surface area contributed by atoms with Gasteiger partial charge in [-0.25, -0.2) is 0 Å². The Kier molecular flexibility index (Phi) is 3.35. The fourth-order valence-electron chi connectivity index (χ4n) is 1.00. The van der Waals surface area contributed by atoms with Crippen molar-refractivity contribution in [1.29, 1.82) is 0 Å². The van der Waals surface area contributed by atoms with Crippen molar-refractivity contribution in [3.05, 3.63) is 0 Å². The molecule has 0 rings (SSSR count). The molecule has 0 aliphatic rings. The molecular weight excluding hydrogens is 184 g/mol. The molecule has 74 valence electrons. The molecule has 0 atom stereocenters. The molecule has 0 bridgehead atoms. The van der Waals surface area contributed by atoms with Crippen LogP contribution in [0.15, 0.2) is 0 Å². The zero-order chi connectivity index (χ0) is 10.2. The highest BCUT2D eigenvalue weighted by atomic mass is 28.3. The predicted molar refractivity (Wildman–Crippen MR) is 58.7 cm³/mol. The van der Waals surface area contributed by atoms with E-state index in [-0.39, 0.29) is 0 Å². The van der Waals surface area contributed by atoms with Gasteiger partial charge in [-0.3, -0.25) is 0 Å². The Morgan fingerprint density at radius 2 is 1.25 bits per heavy atom. The Labute approximate surface area is 77.6 Å². The molecule has 0 heterocycles. The van der Waals surface area contributed by atoms with E-state index in [1.165, 1.54) is 0 Å². The van der Waals surface area contributed by atoms with Crippen LogP contribution < -0.4 is 0 Å². The van der Waals surface area contributed by atoms with Gasteiger partial charge < -0.3 is 10.2 Å². The summed E-state index contributed by atoms with van der Waals surface area (Å²) in [6, 6.07) is 0.593. The lowest BCUT2D eigenvalue weighted by Crippen LogP contribution is -2.55. The van der Waals surface area contributed by atoms with Crippen LogP contribution in [0.2, 0.25) is 45.3 Å². The molecule has 0 unspecified atom stereocenters. The van der Waals surface area contributed by atoms with E-state index in [0.717, 1.165) is 0 Å². The van der Waals surface area contributed by atoms with E-state index in [4.69, 9.17) is 0 Å². The van der Waals surface area contributed by atoms with E-state index >= 15 is 0 Å². The summed E-state index contributed by atoms with van der Waals surface area (Å²) < 4.78 is 0. The first-order valence-corrected chi connectivity index (χ1v) is 11.6. The topological polar surface area (TPSA) is 40.5 Å². The zero-order valence-electron chi connectivity index (χ0n) is 9.10. The molecule has 0 fully saturated rings. The molecule has 12 heavy (non-hydrogen) atoms. The van der Waals surface area contributed by atoms with Crippen molar-refractivity contribution in [1.82, 2.24) is 0 Å². The third-order valence-electron chi connectivity index (χ3n) is 1.98. The van der Waals surface area contributed by atoms with Crippen molar-refractivity contribution in [3.8, 4) is 0 Å². The van der Waals surface area contributed by atoms with Gasteiger partial charge in [0.15, 0.2) is 0 Å². The first-order valence-electron chi connectivity index (χ1n) is 4.40. The van der Waals surface area contributed by atoms with Crippen LogP contribution in [0.1, 0.15) is 0 Å². The van der Waals surface area contributed by atoms with Gasteiger partial charge in [-0.15, -0.1) is 0 Å². The third-order valence-corrected chi connectivity index (χ3v) is 6.46. The Balaban J connectivity index is 4.44. The quantitative estimate of drug-likeness (QED) is 0.547. The van der Waals surface area contributed by atoms with Crippen LogP contribution in [0.3, 0.4) is 0 Å². The lowest BCUT2D eigenvalue weighted by Gasteiger charge is -2.37. The number of rotatable bonds is 3. The highest BCUT2D eigenvalue weighted by Crippen LogP contribution is 2.27. The second-order valence-electron chi connectivity index (χ2n) is 5.80. The van der Waals surface area contributed by atoms with Crippen molar-refractivity contribution >= 4 is 16.1 Å². The first kappa shape index (κ1) is 12.4. The normalized spacial score (nSPS) is 15.0. The summed E-state index contributed by atoms with van der Waals surface area (Å²) >= 11 is 0. The van der Waals surface area contributed by atoms with Crippen LogP contribution in [-0.2, 0) is 0 Å². The summed E-state index contributed by atoms with van der Waals surface area (Å²) in [6.45, 7) is 12.5. The standard InChI is InChI=1S/C8H22O2Si2/c1-11(2,3)7-8(9,10)12(4,5)6/h9-10H,7H2,1-6H3. The molecule has 0 aliphatic carbocycles. The number of aliphatic hydroxyl groups is 2. The van der Waals surface area contributed by atoms with Gasteiger partial charge >= 0.3 is 0 Å². The van der Waals surface area contributed by atoms with Crippen LogP contribution >= 0.6 is 0 Å². The van der Waals surface area contributed by atoms with Crippen molar-refractivity contribution in [2.75, 3.05) is 0 Å². The van der Waals surface area contributed by atoms with Gasteiger partial charge in [-0.05, 0) is 6.04 Å². The molecule has 0 saturated carbocycles. The van der Waals surface area contributed by atoms with Crippen LogP contribution in [0.4, 0.5) is 0 Å². The van der Waals surface area contributed by atoms with Gasteiger partial charge in [0, 0.05) is 8.07 Å². The van der Waals surface area contributed by atoms with Crippen LogP contribution in [0.25, 0.3) is 0 Å². The van der Waals surface area contributed by atoms with Gasteiger partial charge in [-0.2, -0.15) is 0 Å². The molecule has 2 nitrogen and oxygen atoms in total. The second-order valence-corrected chi connectivity index (χ2v) is 16.6. The first-order chi connectivity index (χ1) is 4.96. The van der Waals surface area contributed by atoms with Gasteiger partial charge in [0.05, 0.1) is 0 Å². The maximum absolute atomic E-state index is 9.84. The predicted octanol–water partition coefficient (Wildman–Crippen LogP) is 1.88. The maximum atomic E-state index is 9.84. The lowest BCUT2D eigenvalue weighted by molar-refractivity contribution is -0.0794. The van der Waals surface area contributed by atoms with Crippen molar-refractivity contribution in [2.45, 2.75) is 50.7 Å². The molecule has 0 aliphatic heterocycles. The molecule has 4 heteroatoms. The minimum Gasteiger partial charge on any atom is -0.369 e. The molecule has 0 aromatic carbocycles. The molecule has 0 saturated heterocycles. The van der Waals surface area contributed by atoms with E-state index in [1.807, 2.05) is 19.6 Å². The third kappa shape index (κ3) is 3.84. The van der Waals surface area contributed by atoms with Crippen LogP contribution in [-0.4, -0.2) is 31.8 Å². The fraction of sp³-hybridized carbons (Fsp3) is 1.00. The van der Waals surface area contributed by atoms with Gasteiger partial charge in [0.1, 0.15) is 13.5 Å². The van der Waals surface area contributed by atoms with Gasteiger partial charge in [0.2, 0.25) is 0 Å². The summed E-state index contributed by atoms with van der Waals surface area (Å²) in [5.41, 5.74) is -1.38. The Morgan fingerprint density at radius 3 is 1.33 bits per heavy atom. The summed E-state index contributed by atoms with van der Waals surface area (Å²) in [5, 5.41) is 19.7. The number of hydrogen-bond donors (Lipinski definition) is 2. The van der Waals surface area contributed by atoms with Crippen LogP contribution in [0.5, 0.6) is 0 Å². The average Bonchev–Trinajstić information content (AvgIpc) is 1.52. The van der Waals surface area contributed by atoms with Crippen molar-refractivity contribution in [3.63, 3.8) is 0 Å². The minimum atomic E-state index is -1.85. The van der Waals surface area contributed by atoms with E-state index in [0.29, 0.717) is 6.04 Å². The van der Waals surface area contributed by atoms with Gasteiger partial charge in [-0.1, -0.05) is 39.3 Å². The summed E-state index contributed by atoms with van der Waals surface area (Å²) in [6.07, 6.45) is 0. The molecule has 0 radical (unpaired) electrons. The maximum Gasteiger partial charge on any atom is 0.142 e. The molecule has 0 aromatic heterocycles. The average molecular weight is 206 g/mol. The lowest BCUT2D eigenvalue weighted by atomic mass is 10.7. The summed E-state index contributed by atoms with van der Waals surface area (Å²) in [5.74, 6) is 0. The zero-order valence-corrected chi connectivity index (χ0v) is 11.1. The minimum absolute atomic E-state index is 0.593. The fourth-order valence-corrected chi connectivity index (χ4v) is 6.20. The SMILES string of the molecule is C[Si](C)(C)CC(O)(O)[Si](C)(C)C. The Bertz CT molecular complexity index is 153. The largest absolute Gasteiger partial charge is 0.369 e. The molecule has 0 aromatic rings. The molecule has 0 spiro atoms. The monoisotopic (exact) mass is 206 g/mol. The van der Waals surface area contributed by atoms with Crippen molar-refractivity contribution in [2.24, 2.45) is 0 Å².